The number of aromatic nitrogens is 1. The quantitative estimate of drug-likeness (QED) is 0.796. The van der Waals surface area contributed by atoms with E-state index in [9.17, 15) is 13.6 Å². The van der Waals surface area contributed by atoms with Gasteiger partial charge in [0, 0.05) is 34.1 Å². The van der Waals surface area contributed by atoms with Crippen LogP contribution in [-0.2, 0) is 0 Å². The molecule has 2 rings (SSSR count). The summed E-state index contributed by atoms with van der Waals surface area (Å²) in [4.78, 5) is 15.7. The lowest BCUT2D eigenvalue weighted by atomic mass is 10.1. The van der Waals surface area contributed by atoms with E-state index in [4.69, 9.17) is 0 Å². The minimum Gasteiger partial charge on any atom is -0.289 e. The Morgan fingerprint density at radius 2 is 1.65 bits per heavy atom. The van der Waals surface area contributed by atoms with Gasteiger partial charge in [0.1, 0.15) is 11.6 Å². The Balaban J connectivity index is 2.43. The maximum Gasteiger partial charge on any atom is 0.194 e. The maximum atomic E-state index is 13.0. The Morgan fingerprint density at radius 3 is 2.24 bits per heavy atom. The lowest BCUT2D eigenvalue weighted by Gasteiger charge is -2.02. The van der Waals surface area contributed by atoms with Gasteiger partial charge in [-0.15, -0.1) is 0 Å². The summed E-state index contributed by atoms with van der Waals surface area (Å²) in [5.41, 5.74) is 0.228. The van der Waals surface area contributed by atoms with E-state index < -0.39 is 17.4 Å². The predicted molar refractivity (Wildman–Crippen MR) is 61.7 cm³/mol. The number of carbonyl (C=O) groups excluding carboxylic acids is 1. The molecule has 17 heavy (non-hydrogen) atoms. The van der Waals surface area contributed by atoms with E-state index in [0.717, 1.165) is 18.2 Å². The van der Waals surface area contributed by atoms with Crippen LogP contribution in [0.3, 0.4) is 0 Å². The molecule has 1 aromatic heterocycles. The number of carbonyl (C=O) groups is 1. The van der Waals surface area contributed by atoms with Crippen LogP contribution in [0, 0.1) is 11.6 Å². The molecule has 0 aliphatic rings. The Labute approximate surface area is 104 Å². The zero-order valence-electron chi connectivity index (χ0n) is 8.45. The fourth-order valence-electron chi connectivity index (χ4n) is 1.39. The van der Waals surface area contributed by atoms with Gasteiger partial charge in [0.2, 0.25) is 0 Å². The summed E-state index contributed by atoms with van der Waals surface area (Å²) < 4.78 is 26.6. The standard InChI is InChI=1S/C12H6BrF2NO/c13-9-1-8(5-16-6-9)12(17)7-2-10(14)4-11(15)3-7/h1-6H. The summed E-state index contributed by atoms with van der Waals surface area (Å²) >= 11 is 3.17. The smallest absolute Gasteiger partial charge is 0.194 e. The van der Waals surface area contributed by atoms with Gasteiger partial charge >= 0.3 is 0 Å². The van der Waals surface area contributed by atoms with Crippen LogP contribution in [0.1, 0.15) is 15.9 Å². The molecule has 0 saturated heterocycles. The third kappa shape index (κ3) is 2.74. The monoisotopic (exact) mass is 297 g/mol. The van der Waals surface area contributed by atoms with Gasteiger partial charge in [-0.25, -0.2) is 8.78 Å². The lowest BCUT2D eigenvalue weighted by Crippen LogP contribution is -2.03. The third-order valence-electron chi connectivity index (χ3n) is 2.09. The summed E-state index contributed by atoms with van der Waals surface area (Å²) in [6.07, 6.45) is 2.86. The summed E-state index contributed by atoms with van der Waals surface area (Å²) in [5, 5.41) is 0. The minimum atomic E-state index is -0.781. The zero-order valence-corrected chi connectivity index (χ0v) is 10.0. The van der Waals surface area contributed by atoms with E-state index >= 15 is 0 Å². The van der Waals surface area contributed by atoms with Crippen molar-refractivity contribution >= 4 is 21.7 Å². The van der Waals surface area contributed by atoms with Gasteiger partial charge in [0.15, 0.2) is 5.78 Å². The maximum absolute atomic E-state index is 13.0. The van der Waals surface area contributed by atoms with Crippen LogP contribution in [0.15, 0.2) is 41.1 Å². The number of hydrogen-bond donors (Lipinski definition) is 0. The van der Waals surface area contributed by atoms with Crippen LogP contribution in [0.2, 0.25) is 0 Å². The summed E-state index contributed by atoms with van der Waals surface area (Å²) in [5.74, 6) is -2.04. The van der Waals surface area contributed by atoms with Crippen LogP contribution in [-0.4, -0.2) is 10.8 Å². The predicted octanol–water partition coefficient (Wildman–Crippen LogP) is 3.35. The van der Waals surface area contributed by atoms with E-state index in [-0.39, 0.29) is 11.1 Å². The first-order valence-electron chi connectivity index (χ1n) is 4.67. The minimum absolute atomic E-state index is 0.0394. The van der Waals surface area contributed by atoms with Crippen LogP contribution in [0.25, 0.3) is 0 Å². The van der Waals surface area contributed by atoms with E-state index in [1.165, 1.54) is 18.5 Å². The molecule has 0 spiro atoms. The lowest BCUT2D eigenvalue weighted by molar-refractivity contribution is 0.103. The summed E-state index contributed by atoms with van der Waals surface area (Å²) in [6.45, 7) is 0. The second-order valence-corrected chi connectivity index (χ2v) is 4.29. The number of rotatable bonds is 2. The molecule has 0 saturated carbocycles. The molecule has 0 fully saturated rings. The Morgan fingerprint density at radius 1 is 1.00 bits per heavy atom. The average molecular weight is 298 g/mol. The zero-order chi connectivity index (χ0) is 12.4. The molecule has 1 aromatic carbocycles. The molecule has 0 amide bonds. The molecule has 0 aliphatic heterocycles. The molecule has 0 N–H and O–H groups in total. The molecule has 2 nitrogen and oxygen atoms in total. The fraction of sp³-hybridized carbons (Fsp3) is 0. The SMILES string of the molecule is O=C(c1cc(F)cc(F)c1)c1cncc(Br)c1. The molecule has 1 heterocycles. The van der Waals surface area contributed by atoms with Gasteiger partial charge in [0.25, 0.3) is 0 Å². The largest absolute Gasteiger partial charge is 0.289 e. The fourth-order valence-corrected chi connectivity index (χ4v) is 1.75. The highest BCUT2D eigenvalue weighted by molar-refractivity contribution is 9.10. The molecule has 0 aliphatic carbocycles. The van der Waals surface area contributed by atoms with E-state index in [2.05, 4.69) is 20.9 Å². The second-order valence-electron chi connectivity index (χ2n) is 3.38. The molecular weight excluding hydrogens is 292 g/mol. The highest BCUT2D eigenvalue weighted by Gasteiger charge is 2.12. The van der Waals surface area contributed by atoms with Crippen LogP contribution in [0.5, 0.6) is 0 Å². The van der Waals surface area contributed by atoms with Gasteiger partial charge < -0.3 is 0 Å². The van der Waals surface area contributed by atoms with Crippen molar-refractivity contribution in [2.75, 3.05) is 0 Å². The van der Waals surface area contributed by atoms with Gasteiger partial charge in [-0.3, -0.25) is 9.78 Å². The molecule has 86 valence electrons. The number of pyridine rings is 1. The van der Waals surface area contributed by atoms with Crippen molar-refractivity contribution in [2.24, 2.45) is 0 Å². The van der Waals surface area contributed by atoms with Gasteiger partial charge in [-0.1, -0.05) is 0 Å². The van der Waals surface area contributed by atoms with E-state index in [1.54, 1.807) is 0 Å². The highest BCUT2D eigenvalue weighted by atomic mass is 79.9. The van der Waals surface area contributed by atoms with Crippen LogP contribution >= 0.6 is 15.9 Å². The van der Waals surface area contributed by atoms with E-state index in [0.29, 0.717) is 4.47 Å². The third-order valence-corrected chi connectivity index (χ3v) is 2.53. The van der Waals surface area contributed by atoms with Gasteiger partial charge in [-0.2, -0.15) is 0 Å². The molecule has 2 aromatic rings. The van der Waals surface area contributed by atoms with Crippen molar-refractivity contribution in [1.82, 2.24) is 4.98 Å². The topological polar surface area (TPSA) is 30.0 Å². The normalized spacial score (nSPS) is 10.3. The van der Waals surface area contributed by atoms with Gasteiger partial charge in [-0.05, 0) is 34.1 Å². The van der Waals surface area contributed by atoms with Crippen molar-refractivity contribution in [2.45, 2.75) is 0 Å². The van der Waals surface area contributed by atoms with Crippen LogP contribution < -0.4 is 0 Å². The van der Waals surface area contributed by atoms with Crippen molar-refractivity contribution in [3.8, 4) is 0 Å². The number of nitrogens with zero attached hydrogens (tertiary/aromatic N) is 1. The molecular formula is C12H6BrF2NO. The highest BCUT2D eigenvalue weighted by Crippen LogP contribution is 2.15. The molecule has 5 heteroatoms. The molecule has 0 atom stereocenters. The van der Waals surface area contributed by atoms with Crippen molar-refractivity contribution in [1.29, 1.82) is 0 Å². The Kier molecular flexibility index (Phi) is 3.28. The first kappa shape index (κ1) is 11.9. The van der Waals surface area contributed by atoms with Crippen molar-refractivity contribution in [3.05, 3.63) is 63.9 Å². The summed E-state index contributed by atoms with van der Waals surface area (Å²) in [6, 6.07) is 4.24. The first-order chi connectivity index (χ1) is 8.06. The molecule has 0 unspecified atom stereocenters. The van der Waals surface area contributed by atoms with E-state index in [1.807, 2.05) is 0 Å². The number of hydrogen-bond acceptors (Lipinski definition) is 2. The summed E-state index contributed by atoms with van der Waals surface area (Å²) in [7, 11) is 0. The first-order valence-corrected chi connectivity index (χ1v) is 5.47. The molecule has 0 radical (unpaired) electrons. The average Bonchev–Trinajstić information content (AvgIpc) is 2.26. The Hall–Kier alpha value is -1.62. The number of benzene rings is 1. The second kappa shape index (κ2) is 4.71. The van der Waals surface area contributed by atoms with Crippen molar-refractivity contribution < 1.29 is 13.6 Å². The molecule has 0 bridgehead atoms. The van der Waals surface area contributed by atoms with Gasteiger partial charge in [0.05, 0.1) is 0 Å². The number of halogens is 3. The van der Waals surface area contributed by atoms with Crippen LogP contribution in [0.4, 0.5) is 8.78 Å². The Bertz CT molecular complexity index is 566. The van der Waals surface area contributed by atoms with Crippen molar-refractivity contribution in [3.63, 3.8) is 0 Å². The number of ketones is 1.